The molecule has 0 atom stereocenters. The smallest absolute Gasteiger partial charge is 0.291 e. The Labute approximate surface area is 268 Å². The van der Waals surface area contributed by atoms with Gasteiger partial charge < -0.3 is 39.1 Å². The number of furan rings is 1. The van der Waals surface area contributed by atoms with Crippen LogP contribution in [-0.2, 0) is 0 Å². The molecular weight excluding hydrogens is 588 g/mol. The predicted octanol–water partition coefficient (Wildman–Crippen LogP) is 5.45. The van der Waals surface area contributed by atoms with Crippen molar-refractivity contribution in [2.45, 2.75) is 53.3 Å². The molecule has 3 heterocycles. The van der Waals surface area contributed by atoms with Crippen molar-refractivity contribution in [3.8, 4) is 23.5 Å². The van der Waals surface area contributed by atoms with Crippen molar-refractivity contribution in [1.29, 1.82) is 0 Å². The van der Waals surface area contributed by atoms with Gasteiger partial charge in [0.25, 0.3) is 11.9 Å². The van der Waals surface area contributed by atoms with Crippen LogP contribution in [0, 0.1) is 12.3 Å². The number of ether oxygens (including phenoxy) is 3. The van der Waals surface area contributed by atoms with E-state index in [1.165, 1.54) is 19.4 Å². The molecule has 0 saturated carbocycles. The predicted molar refractivity (Wildman–Crippen MR) is 181 cm³/mol. The molecule has 45 heavy (non-hydrogen) atoms. The van der Waals surface area contributed by atoms with Gasteiger partial charge >= 0.3 is 0 Å². The number of nitrogens with one attached hydrogen (secondary N) is 2. The minimum Gasteiger partial charge on any atom is -0.479 e. The Hall–Kier alpha value is -3.61. The van der Waals surface area contributed by atoms with Crippen molar-refractivity contribution in [1.82, 2.24) is 19.8 Å². The normalized spacial score (nSPS) is 14.7. The van der Waals surface area contributed by atoms with E-state index in [2.05, 4.69) is 89.5 Å². The maximum Gasteiger partial charge on any atom is 0.291 e. The number of hydrogen-bond acceptors (Lipinski definition) is 10. The summed E-state index contributed by atoms with van der Waals surface area (Å²) >= 11 is 0. The molecule has 1 saturated heterocycles. The quantitative estimate of drug-likeness (QED) is 0.185. The fourth-order valence-electron chi connectivity index (χ4n) is 5.82. The van der Waals surface area contributed by atoms with Crippen molar-refractivity contribution in [3.63, 3.8) is 0 Å². The van der Waals surface area contributed by atoms with E-state index in [9.17, 15) is 4.79 Å². The Kier molecular flexibility index (Phi) is 11.2. The SMILES string of the molecule is COc1nc(NCCCN2CCN(C)CC2)nc(OC)c1NC(=O)c1ccc(Oc2cc([Si](C)(C)CC(C)(C)C)ccc2C)o1. The van der Waals surface area contributed by atoms with Crippen LogP contribution in [0.4, 0.5) is 11.6 Å². The van der Waals surface area contributed by atoms with Crippen molar-refractivity contribution >= 4 is 30.8 Å². The molecule has 0 radical (unpaired) electrons. The van der Waals surface area contributed by atoms with Gasteiger partial charge in [-0.25, -0.2) is 0 Å². The summed E-state index contributed by atoms with van der Waals surface area (Å²) < 4.78 is 22.9. The first-order valence-electron chi connectivity index (χ1n) is 15.6. The molecular formula is C33H50N6O5Si. The summed E-state index contributed by atoms with van der Waals surface area (Å²) in [6.45, 7) is 19.6. The van der Waals surface area contributed by atoms with Gasteiger partial charge in [-0.15, -0.1) is 0 Å². The molecule has 0 spiro atoms. The number of carbonyl (C=O) groups is 1. The number of hydrogen-bond donors (Lipinski definition) is 2. The number of rotatable bonds is 13. The number of methoxy groups -OCH3 is 2. The Bertz CT molecular complexity index is 1420. The Morgan fingerprint density at radius 1 is 1.02 bits per heavy atom. The number of piperazine rings is 1. The van der Waals surface area contributed by atoms with Gasteiger partial charge in [-0.05, 0) is 56.1 Å². The highest BCUT2D eigenvalue weighted by Gasteiger charge is 2.30. The van der Waals surface area contributed by atoms with E-state index in [-0.39, 0.29) is 34.6 Å². The second-order valence-corrected chi connectivity index (χ2v) is 18.3. The summed E-state index contributed by atoms with van der Waals surface area (Å²) in [5.74, 6) is 1.20. The summed E-state index contributed by atoms with van der Waals surface area (Å²) in [5, 5.41) is 7.34. The lowest BCUT2D eigenvalue weighted by Gasteiger charge is -2.32. The highest BCUT2D eigenvalue weighted by molar-refractivity contribution is 6.89. The monoisotopic (exact) mass is 638 g/mol. The number of nitrogens with zero attached hydrogens (tertiary/aromatic N) is 4. The van der Waals surface area contributed by atoms with Crippen molar-refractivity contribution in [2.75, 3.05) is 71.2 Å². The topological polar surface area (TPSA) is 114 Å². The van der Waals surface area contributed by atoms with E-state index in [0.29, 0.717) is 18.2 Å². The molecule has 4 rings (SSSR count). The molecule has 1 aliphatic heterocycles. The molecule has 2 aromatic heterocycles. The zero-order valence-electron chi connectivity index (χ0n) is 28.4. The Morgan fingerprint density at radius 3 is 2.31 bits per heavy atom. The van der Waals surface area contributed by atoms with Gasteiger partial charge in [0, 0.05) is 38.8 Å². The van der Waals surface area contributed by atoms with Gasteiger partial charge in [-0.3, -0.25) is 4.79 Å². The largest absolute Gasteiger partial charge is 0.479 e. The van der Waals surface area contributed by atoms with Crippen LogP contribution in [0.15, 0.2) is 34.7 Å². The molecule has 1 aromatic carbocycles. The van der Waals surface area contributed by atoms with Crippen LogP contribution in [0.5, 0.6) is 23.5 Å². The number of anilines is 2. The molecule has 1 fully saturated rings. The highest BCUT2D eigenvalue weighted by atomic mass is 28.3. The lowest BCUT2D eigenvalue weighted by Crippen LogP contribution is -2.44. The van der Waals surface area contributed by atoms with E-state index in [4.69, 9.17) is 18.6 Å². The van der Waals surface area contributed by atoms with Crippen LogP contribution >= 0.6 is 0 Å². The van der Waals surface area contributed by atoms with Crippen LogP contribution in [-0.4, -0.2) is 94.3 Å². The van der Waals surface area contributed by atoms with Crippen LogP contribution in [0.1, 0.15) is 43.3 Å². The molecule has 2 N–H and O–H groups in total. The lowest BCUT2D eigenvalue weighted by molar-refractivity contribution is 0.0990. The Morgan fingerprint density at radius 2 is 1.69 bits per heavy atom. The number of carbonyl (C=O) groups excluding carboxylic acids is 1. The number of aromatic nitrogens is 2. The molecule has 246 valence electrons. The molecule has 0 unspecified atom stereocenters. The average molecular weight is 639 g/mol. The third-order valence-corrected chi connectivity index (χ3v) is 11.8. The fraction of sp³-hybridized carbons (Fsp3) is 0.545. The maximum absolute atomic E-state index is 13.2. The number of aryl methyl sites for hydroxylation is 1. The second kappa shape index (κ2) is 14.7. The summed E-state index contributed by atoms with van der Waals surface area (Å²) in [5.41, 5.74) is 1.44. The average Bonchev–Trinajstić information content (AvgIpc) is 3.45. The van der Waals surface area contributed by atoms with Gasteiger partial charge in [0.1, 0.15) is 5.75 Å². The summed E-state index contributed by atoms with van der Waals surface area (Å²) in [6.07, 6.45) is 0.944. The van der Waals surface area contributed by atoms with E-state index in [0.717, 1.165) is 50.8 Å². The van der Waals surface area contributed by atoms with Gasteiger partial charge in [-0.1, -0.05) is 51.2 Å². The second-order valence-electron chi connectivity index (χ2n) is 13.6. The number of amides is 1. The minimum absolute atomic E-state index is 0.0662. The van der Waals surface area contributed by atoms with Crippen LogP contribution in [0.2, 0.25) is 19.1 Å². The van der Waals surface area contributed by atoms with Gasteiger partial charge in [0.15, 0.2) is 11.4 Å². The summed E-state index contributed by atoms with van der Waals surface area (Å²) in [7, 11) is 3.42. The highest BCUT2D eigenvalue weighted by Crippen LogP contribution is 2.34. The first-order chi connectivity index (χ1) is 21.3. The van der Waals surface area contributed by atoms with Gasteiger partial charge in [0.2, 0.25) is 17.7 Å². The zero-order valence-corrected chi connectivity index (χ0v) is 29.4. The molecule has 3 aromatic rings. The van der Waals surface area contributed by atoms with Crippen LogP contribution in [0.3, 0.4) is 0 Å². The van der Waals surface area contributed by atoms with Crippen LogP contribution < -0.4 is 30.0 Å². The molecule has 1 aliphatic rings. The van der Waals surface area contributed by atoms with Gasteiger partial charge in [-0.2, -0.15) is 9.97 Å². The van der Waals surface area contributed by atoms with Crippen molar-refractivity contribution < 1.29 is 23.4 Å². The standard InChI is InChI=1S/C33H50N6O5Si/c1-23-11-12-24(45(8,9)22-33(2,3)4)21-26(23)44-27-14-13-25(43-27)29(40)35-28-30(41-6)36-32(37-31(28)42-7)34-15-10-16-39-19-17-38(5)18-20-39/h11-14,21H,10,15-20,22H2,1-9H3,(H,35,40)(H,34,36,37). The van der Waals surface area contributed by atoms with E-state index < -0.39 is 14.0 Å². The third kappa shape index (κ3) is 9.44. The first-order valence-corrected chi connectivity index (χ1v) is 18.8. The lowest BCUT2D eigenvalue weighted by atomic mass is 10.0. The van der Waals surface area contributed by atoms with E-state index in [1.807, 2.05) is 6.92 Å². The molecule has 0 bridgehead atoms. The first kappa shape index (κ1) is 34.3. The van der Waals surface area contributed by atoms with Crippen molar-refractivity contribution in [2.24, 2.45) is 5.41 Å². The van der Waals surface area contributed by atoms with E-state index in [1.54, 1.807) is 12.1 Å². The van der Waals surface area contributed by atoms with Crippen LogP contribution in [0.25, 0.3) is 0 Å². The maximum atomic E-state index is 13.2. The molecule has 11 nitrogen and oxygen atoms in total. The molecule has 12 heteroatoms. The molecule has 1 amide bonds. The minimum atomic E-state index is -1.70. The zero-order chi connectivity index (χ0) is 32.8. The fourth-order valence-corrected chi connectivity index (χ4v) is 9.73. The summed E-state index contributed by atoms with van der Waals surface area (Å²) in [4.78, 5) is 26.9. The Balaban J connectivity index is 1.40. The molecule has 0 aliphatic carbocycles. The van der Waals surface area contributed by atoms with E-state index >= 15 is 0 Å². The third-order valence-electron chi connectivity index (χ3n) is 7.96. The number of benzene rings is 1. The van der Waals surface area contributed by atoms with Crippen molar-refractivity contribution in [3.05, 3.63) is 41.7 Å². The number of likely N-dealkylation sites (N-methyl/N-ethyl adjacent to an activating group) is 1. The van der Waals surface area contributed by atoms with Gasteiger partial charge in [0.05, 0.1) is 22.3 Å². The summed E-state index contributed by atoms with van der Waals surface area (Å²) in [6, 6.07) is 10.8.